The van der Waals surface area contributed by atoms with E-state index in [1.807, 2.05) is 60.7 Å². The third kappa shape index (κ3) is 3.50. The number of hydrogen-bond donors (Lipinski definition) is 2. The molecule has 2 aromatic rings. The molecule has 0 bridgehead atoms. The first-order valence-electron chi connectivity index (χ1n) is 7.36. The minimum atomic E-state index is -0.884. The maximum absolute atomic E-state index is 11.6. The van der Waals surface area contributed by atoms with Gasteiger partial charge < -0.3 is 15.9 Å². The van der Waals surface area contributed by atoms with Gasteiger partial charge in [-0.15, -0.1) is 12.4 Å². The summed E-state index contributed by atoms with van der Waals surface area (Å²) < 4.78 is 0. The average Bonchev–Trinajstić information content (AvgIpc) is 2.56. The molecule has 2 aromatic carbocycles. The van der Waals surface area contributed by atoms with Gasteiger partial charge in [0.2, 0.25) is 0 Å². The average molecular weight is 322 g/mol. The van der Waals surface area contributed by atoms with Crippen molar-refractivity contribution in [3.8, 4) is 0 Å². The van der Waals surface area contributed by atoms with Gasteiger partial charge in [-0.25, -0.2) is 0 Å². The largest absolute Gasteiger partial charge is 0.412 e. The summed E-state index contributed by atoms with van der Waals surface area (Å²) in [6.45, 7) is 1.96. The van der Waals surface area contributed by atoms with Crippen LogP contribution in [-0.2, 0) is 5.60 Å². The Kier molecular flexibility index (Phi) is 7.04. The van der Waals surface area contributed by atoms with Gasteiger partial charge in [-0.2, -0.15) is 0 Å². The van der Waals surface area contributed by atoms with Crippen LogP contribution in [0.25, 0.3) is 0 Å². The molecule has 0 spiro atoms. The maximum atomic E-state index is 11.6. The molecule has 1 saturated heterocycles. The van der Waals surface area contributed by atoms with Gasteiger partial charge in [-0.3, -0.25) is 0 Å². The molecule has 3 nitrogen and oxygen atoms in total. The van der Waals surface area contributed by atoms with Crippen LogP contribution >= 0.6 is 12.4 Å². The van der Waals surface area contributed by atoms with Crippen molar-refractivity contribution in [1.82, 2.24) is 5.32 Å². The summed E-state index contributed by atoms with van der Waals surface area (Å²) in [4.78, 5) is 0. The van der Waals surface area contributed by atoms with Crippen LogP contribution in [0.15, 0.2) is 60.7 Å². The predicted octanol–water partition coefficient (Wildman–Crippen LogP) is 2.52. The van der Waals surface area contributed by atoms with Crippen LogP contribution in [0.1, 0.15) is 24.0 Å². The van der Waals surface area contributed by atoms with Gasteiger partial charge >= 0.3 is 0 Å². The van der Waals surface area contributed by atoms with Gasteiger partial charge in [0.25, 0.3) is 0 Å². The lowest BCUT2D eigenvalue weighted by molar-refractivity contribution is 0.00236. The SMILES string of the molecule is Cl.O.OC(c1ccccc1)(c1ccccc1)C1CCNCC1. The molecule has 0 amide bonds. The first-order chi connectivity index (χ1) is 9.82. The molecule has 120 valence electrons. The smallest absolute Gasteiger partial charge is 0.117 e. The van der Waals surface area contributed by atoms with Crippen molar-refractivity contribution in [2.24, 2.45) is 5.92 Å². The van der Waals surface area contributed by atoms with E-state index in [4.69, 9.17) is 0 Å². The van der Waals surface area contributed by atoms with Crippen molar-refractivity contribution in [1.29, 1.82) is 0 Å². The summed E-state index contributed by atoms with van der Waals surface area (Å²) in [6.07, 6.45) is 2.00. The summed E-state index contributed by atoms with van der Waals surface area (Å²) >= 11 is 0. The summed E-state index contributed by atoms with van der Waals surface area (Å²) in [5.41, 5.74) is 1.11. The van der Waals surface area contributed by atoms with Crippen molar-refractivity contribution >= 4 is 12.4 Å². The van der Waals surface area contributed by atoms with Crippen molar-refractivity contribution < 1.29 is 10.6 Å². The number of halogens is 1. The molecule has 22 heavy (non-hydrogen) atoms. The lowest BCUT2D eigenvalue weighted by Gasteiger charge is -2.39. The van der Waals surface area contributed by atoms with Crippen LogP contribution in [0, 0.1) is 5.92 Å². The predicted molar refractivity (Wildman–Crippen MR) is 92.3 cm³/mol. The number of aliphatic hydroxyl groups is 1. The highest BCUT2D eigenvalue weighted by atomic mass is 35.5. The van der Waals surface area contributed by atoms with E-state index in [1.165, 1.54) is 0 Å². The number of nitrogens with one attached hydrogen (secondary N) is 1. The van der Waals surface area contributed by atoms with E-state index in [1.54, 1.807) is 0 Å². The Morgan fingerprint density at radius 1 is 0.818 bits per heavy atom. The standard InChI is InChI=1S/C18H21NO.ClH.H2O/c20-18(15-7-3-1-4-8-15,16-9-5-2-6-10-16)17-11-13-19-14-12-17;;/h1-10,17,19-20H,11-14H2;1H;1H2. The zero-order chi connectivity index (χ0) is 13.8. The molecule has 4 heteroatoms. The minimum absolute atomic E-state index is 0. The highest BCUT2D eigenvalue weighted by Gasteiger charge is 2.40. The summed E-state index contributed by atoms with van der Waals surface area (Å²) in [5, 5.41) is 14.9. The molecule has 0 radical (unpaired) electrons. The Hall–Kier alpha value is -1.39. The van der Waals surface area contributed by atoms with Crippen LogP contribution < -0.4 is 5.32 Å². The Morgan fingerprint density at radius 2 is 1.23 bits per heavy atom. The van der Waals surface area contributed by atoms with Gasteiger partial charge in [-0.1, -0.05) is 60.7 Å². The fourth-order valence-corrected chi connectivity index (χ4v) is 3.26. The molecule has 0 atom stereocenters. The number of piperidine rings is 1. The monoisotopic (exact) mass is 321 g/mol. The molecule has 1 aliphatic rings. The Morgan fingerprint density at radius 3 is 1.64 bits per heavy atom. The van der Waals surface area contributed by atoms with E-state index in [-0.39, 0.29) is 23.8 Å². The summed E-state index contributed by atoms with van der Waals surface area (Å²) in [5.74, 6) is 0.258. The lowest BCUT2D eigenvalue weighted by atomic mass is 9.72. The molecule has 0 aromatic heterocycles. The molecule has 0 saturated carbocycles. The van der Waals surface area contributed by atoms with Crippen LogP contribution in [0.4, 0.5) is 0 Å². The van der Waals surface area contributed by atoms with Gasteiger partial charge in [0.1, 0.15) is 5.60 Å². The molecule has 1 fully saturated rings. The molecule has 0 aliphatic carbocycles. The number of rotatable bonds is 3. The van der Waals surface area contributed by atoms with Crippen LogP contribution in [0.3, 0.4) is 0 Å². The first kappa shape index (κ1) is 18.7. The van der Waals surface area contributed by atoms with Crippen LogP contribution in [0.2, 0.25) is 0 Å². The molecular weight excluding hydrogens is 298 g/mol. The van der Waals surface area contributed by atoms with E-state index in [9.17, 15) is 5.11 Å². The third-order valence-corrected chi connectivity index (χ3v) is 4.36. The highest BCUT2D eigenvalue weighted by Crippen LogP contribution is 2.40. The fraction of sp³-hybridized carbons (Fsp3) is 0.333. The molecule has 4 N–H and O–H groups in total. The van der Waals surface area contributed by atoms with E-state index < -0.39 is 5.60 Å². The number of benzene rings is 2. The van der Waals surface area contributed by atoms with E-state index >= 15 is 0 Å². The normalized spacial score (nSPS) is 15.5. The first-order valence-corrected chi connectivity index (χ1v) is 7.36. The van der Waals surface area contributed by atoms with E-state index in [2.05, 4.69) is 5.32 Å². The summed E-state index contributed by atoms with van der Waals surface area (Å²) in [7, 11) is 0. The fourth-order valence-electron chi connectivity index (χ4n) is 3.26. The Bertz CT molecular complexity index is 502. The lowest BCUT2D eigenvalue weighted by Crippen LogP contribution is -2.42. The quantitative estimate of drug-likeness (QED) is 0.912. The second kappa shape index (κ2) is 8.30. The zero-order valence-electron chi connectivity index (χ0n) is 12.5. The van der Waals surface area contributed by atoms with Gasteiger partial charge in [0, 0.05) is 0 Å². The van der Waals surface area contributed by atoms with Gasteiger partial charge in [-0.05, 0) is 43.0 Å². The van der Waals surface area contributed by atoms with E-state index in [0.717, 1.165) is 37.1 Å². The van der Waals surface area contributed by atoms with Crippen molar-refractivity contribution in [3.05, 3.63) is 71.8 Å². The molecule has 1 aliphatic heterocycles. The second-order valence-corrected chi connectivity index (χ2v) is 5.52. The topological polar surface area (TPSA) is 63.8 Å². The highest BCUT2D eigenvalue weighted by molar-refractivity contribution is 5.85. The molecular formula is C18H24ClNO2. The minimum Gasteiger partial charge on any atom is -0.412 e. The van der Waals surface area contributed by atoms with Crippen molar-refractivity contribution in [2.45, 2.75) is 18.4 Å². The Labute approximate surface area is 138 Å². The van der Waals surface area contributed by atoms with Crippen LogP contribution in [0.5, 0.6) is 0 Å². The molecule has 3 rings (SSSR count). The number of hydrogen-bond acceptors (Lipinski definition) is 2. The third-order valence-electron chi connectivity index (χ3n) is 4.36. The summed E-state index contributed by atoms with van der Waals surface area (Å²) in [6, 6.07) is 20.2. The van der Waals surface area contributed by atoms with Crippen LogP contribution in [-0.4, -0.2) is 23.7 Å². The van der Waals surface area contributed by atoms with Gasteiger partial charge in [0.05, 0.1) is 0 Å². The molecule has 1 heterocycles. The zero-order valence-corrected chi connectivity index (χ0v) is 13.4. The maximum Gasteiger partial charge on any atom is 0.117 e. The molecule has 0 unspecified atom stereocenters. The second-order valence-electron chi connectivity index (χ2n) is 5.52. The van der Waals surface area contributed by atoms with Crippen molar-refractivity contribution in [2.75, 3.05) is 13.1 Å². The van der Waals surface area contributed by atoms with E-state index in [0.29, 0.717) is 0 Å². The van der Waals surface area contributed by atoms with Crippen molar-refractivity contribution in [3.63, 3.8) is 0 Å². The van der Waals surface area contributed by atoms with Gasteiger partial charge in [0.15, 0.2) is 0 Å². The Balaban J connectivity index is 0.00000121.